The van der Waals surface area contributed by atoms with Gasteiger partial charge in [0.25, 0.3) is 5.69 Å². The molecule has 24 heavy (non-hydrogen) atoms. The highest BCUT2D eigenvalue weighted by Crippen LogP contribution is 2.27. The van der Waals surface area contributed by atoms with Gasteiger partial charge in [0.15, 0.2) is 10.2 Å². The molecule has 122 valence electrons. The van der Waals surface area contributed by atoms with Crippen molar-refractivity contribution in [3.05, 3.63) is 58.1 Å². The first-order valence-corrected chi connectivity index (χ1v) is 8.49. The number of thiocarbonyl (C=S) groups is 1. The number of thiazole rings is 1. The largest absolute Gasteiger partial charge is 0.332 e. The number of aromatic nitrogens is 1. The van der Waals surface area contributed by atoms with E-state index in [-0.39, 0.29) is 5.69 Å². The lowest BCUT2D eigenvalue weighted by atomic mass is 10.2. The van der Waals surface area contributed by atoms with Crippen molar-refractivity contribution < 1.29 is 4.92 Å². The summed E-state index contributed by atoms with van der Waals surface area (Å²) >= 11 is 6.77. The molecule has 0 amide bonds. The van der Waals surface area contributed by atoms with Crippen molar-refractivity contribution in [1.82, 2.24) is 4.98 Å². The minimum absolute atomic E-state index is 0.00915. The number of benzene rings is 2. The van der Waals surface area contributed by atoms with Gasteiger partial charge in [-0.15, -0.1) is 0 Å². The molecule has 3 rings (SSSR count). The normalized spacial score (nSPS) is 10.5. The Morgan fingerprint density at radius 3 is 2.88 bits per heavy atom. The fourth-order valence-electron chi connectivity index (χ4n) is 2.20. The van der Waals surface area contributed by atoms with Crippen LogP contribution >= 0.6 is 23.6 Å². The summed E-state index contributed by atoms with van der Waals surface area (Å²) in [6, 6.07) is 12.4. The summed E-state index contributed by atoms with van der Waals surface area (Å²) in [6.45, 7) is 2.11. The third kappa shape index (κ3) is 3.66. The highest BCUT2D eigenvalue weighted by atomic mass is 32.1. The molecular formula is C16H14N4O2S2. The molecule has 0 bridgehead atoms. The van der Waals surface area contributed by atoms with Crippen molar-refractivity contribution in [3.8, 4) is 0 Å². The summed E-state index contributed by atoms with van der Waals surface area (Å²) < 4.78 is 1.09. The summed E-state index contributed by atoms with van der Waals surface area (Å²) in [5.74, 6) is 0. The fraction of sp³-hybridized carbons (Fsp3) is 0.125. The smallest absolute Gasteiger partial charge is 0.271 e. The average molecular weight is 358 g/mol. The van der Waals surface area contributed by atoms with Gasteiger partial charge in [-0.2, -0.15) is 0 Å². The molecule has 0 radical (unpaired) electrons. The van der Waals surface area contributed by atoms with E-state index < -0.39 is 4.92 Å². The lowest BCUT2D eigenvalue weighted by Crippen LogP contribution is -2.18. The molecule has 8 heteroatoms. The maximum absolute atomic E-state index is 10.8. The molecule has 0 spiro atoms. The van der Waals surface area contributed by atoms with Crippen LogP contribution in [0, 0.1) is 10.1 Å². The average Bonchev–Trinajstić information content (AvgIpc) is 2.95. The molecule has 0 atom stereocenters. The Kier molecular flexibility index (Phi) is 4.68. The van der Waals surface area contributed by atoms with Crippen LogP contribution in [0.3, 0.4) is 0 Å². The molecule has 0 aliphatic heterocycles. The minimum atomic E-state index is -0.444. The second-order valence-electron chi connectivity index (χ2n) is 5.06. The van der Waals surface area contributed by atoms with Crippen molar-refractivity contribution in [2.75, 3.05) is 10.6 Å². The number of anilines is 2. The third-order valence-corrected chi connectivity index (χ3v) is 4.53. The summed E-state index contributed by atoms with van der Waals surface area (Å²) in [7, 11) is 0. The Hall–Kier alpha value is -2.58. The number of fused-ring (bicyclic) bond motifs is 1. The van der Waals surface area contributed by atoms with E-state index in [9.17, 15) is 10.1 Å². The van der Waals surface area contributed by atoms with Crippen LogP contribution in [0.2, 0.25) is 0 Å². The van der Waals surface area contributed by atoms with Gasteiger partial charge < -0.3 is 10.6 Å². The van der Waals surface area contributed by atoms with Crippen LogP contribution in [0.15, 0.2) is 42.5 Å². The summed E-state index contributed by atoms with van der Waals surface area (Å²) in [5.41, 5.74) is 2.74. The number of nitrogens with zero attached hydrogens (tertiary/aromatic N) is 2. The number of rotatable bonds is 4. The van der Waals surface area contributed by atoms with Crippen molar-refractivity contribution in [3.63, 3.8) is 0 Å². The van der Waals surface area contributed by atoms with Crippen LogP contribution in [0.5, 0.6) is 0 Å². The van der Waals surface area contributed by atoms with Crippen LogP contribution in [-0.2, 0) is 6.42 Å². The van der Waals surface area contributed by atoms with E-state index in [4.69, 9.17) is 12.2 Å². The molecule has 6 nitrogen and oxygen atoms in total. The monoisotopic (exact) mass is 358 g/mol. The van der Waals surface area contributed by atoms with Crippen LogP contribution in [0.1, 0.15) is 12.5 Å². The molecular weight excluding hydrogens is 344 g/mol. The maximum Gasteiger partial charge on any atom is 0.271 e. The SMILES string of the molecule is CCc1ccc2nc(NC(=S)Nc3cccc([N+](=O)[O-])c3)sc2c1. The zero-order chi connectivity index (χ0) is 17.1. The van der Waals surface area contributed by atoms with Crippen LogP contribution in [-0.4, -0.2) is 15.0 Å². The number of non-ortho nitro benzene ring substituents is 1. The number of aryl methyl sites for hydroxylation is 1. The van der Waals surface area contributed by atoms with Gasteiger partial charge in [-0.25, -0.2) is 4.98 Å². The summed E-state index contributed by atoms with van der Waals surface area (Å²) in [5, 5.41) is 17.8. The molecule has 0 saturated heterocycles. The van der Waals surface area contributed by atoms with Gasteiger partial charge in [0.2, 0.25) is 0 Å². The Bertz CT molecular complexity index is 923. The number of hydrogen-bond acceptors (Lipinski definition) is 5. The van der Waals surface area contributed by atoms with E-state index in [1.54, 1.807) is 12.1 Å². The van der Waals surface area contributed by atoms with Gasteiger partial charge >= 0.3 is 0 Å². The second-order valence-corrected chi connectivity index (χ2v) is 6.50. The second kappa shape index (κ2) is 6.90. The molecule has 3 aromatic rings. The highest BCUT2D eigenvalue weighted by molar-refractivity contribution is 7.80. The van der Waals surface area contributed by atoms with Crippen LogP contribution in [0.4, 0.5) is 16.5 Å². The predicted octanol–water partition coefficient (Wildman–Crippen LogP) is 4.58. The van der Waals surface area contributed by atoms with Crippen molar-refractivity contribution in [2.45, 2.75) is 13.3 Å². The fourth-order valence-corrected chi connectivity index (χ4v) is 3.41. The molecule has 2 aromatic carbocycles. The molecule has 0 aliphatic rings. The van der Waals surface area contributed by atoms with E-state index in [0.717, 1.165) is 16.6 Å². The molecule has 2 N–H and O–H groups in total. The zero-order valence-corrected chi connectivity index (χ0v) is 14.4. The Morgan fingerprint density at radius 1 is 1.29 bits per heavy atom. The first-order chi connectivity index (χ1) is 11.5. The van der Waals surface area contributed by atoms with Gasteiger partial charge in [0.05, 0.1) is 15.1 Å². The van der Waals surface area contributed by atoms with Crippen molar-refractivity contribution >= 4 is 55.4 Å². The molecule has 0 fully saturated rings. The van der Waals surface area contributed by atoms with E-state index in [2.05, 4.69) is 34.7 Å². The molecule has 0 aliphatic carbocycles. The van der Waals surface area contributed by atoms with E-state index >= 15 is 0 Å². The Balaban J connectivity index is 1.72. The van der Waals surface area contributed by atoms with E-state index in [0.29, 0.717) is 15.9 Å². The number of nitrogens with one attached hydrogen (secondary N) is 2. The van der Waals surface area contributed by atoms with Gasteiger partial charge in [-0.3, -0.25) is 10.1 Å². The lowest BCUT2D eigenvalue weighted by molar-refractivity contribution is -0.384. The van der Waals surface area contributed by atoms with Crippen molar-refractivity contribution in [2.24, 2.45) is 0 Å². The number of nitro groups is 1. The Morgan fingerprint density at radius 2 is 2.12 bits per heavy atom. The van der Waals surface area contributed by atoms with Gasteiger partial charge in [-0.05, 0) is 42.4 Å². The summed E-state index contributed by atoms with van der Waals surface area (Å²) in [4.78, 5) is 14.8. The molecule has 0 unspecified atom stereocenters. The van der Waals surface area contributed by atoms with Crippen LogP contribution in [0.25, 0.3) is 10.2 Å². The standard InChI is InChI=1S/C16H14N4O2S2/c1-2-10-6-7-13-14(8-10)24-16(18-13)19-15(23)17-11-4-3-5-12(9-11)20(21)22/h3-9H,2H2,1H3,(H2,17,18,19,23). The third-order valence-electron chi connectivity index (χ3n) is 3.40. The lowest BCUT2D eigenvalue weighted by Gasteiger charge is -2.07. The van der Waals surface area contributed by atoms with Crippen LogP contribution < -0.4 is 10.6 Å². The number of nitro benzene ring substituents is 1. The Labute approximate surface area is 147 Å². The first kappa shape index (κ1) is 16.3. The maximum atomic E-state index is 10.8. The van der Waals surface area contributed by atoms with Crippen molar-refractivity contribution in [1.29, 1.82) is 0 Å². The summed E-state index contributed by atoms with van der Waals surface area (Å²) in [6.07, 6.45) is 0.976. The quantitative estimate of drug-likeness (QED) is 0.404. The zero-order valence-electron chi connectivity index (χ0n) is 12.8. The number of hydrogen-bond donors (Lipinski definition) is 2. The van der Waals surface area contributed by atoms with Gasteiger partial charge in [0.1, 0.15) is 0 Å². The van der Waals surface area contributed by atoms with Gasteiger partial charge in [-0.1, -0.05) is 30.4 Å². The first-order valence-electron chi connectivity index (χ1n) is 7.27. The van der Waals surface area contributed by atoms with E-state index in [1.807, 2.05) is 6.07 Å². The minimum Gasteiger partial charge on any atom is -0.332 e. The highest BCUT2D eigenvalue weighted by Gasteiger charge is 2.09. The van der Waals surface area contributed by atoms with E-state index in [1.165, 1.54) is 29.0 Å². The molecule has 1 heterocycles. The topological polar surface area (TPSA) is 80.1 Å². The predicted molar refractivity (Wildman–Crippen MR) is 102 cm³/mol. The van der Waals surface area contributed by atoms with Gasteiger partial charge in [0, 0.05) is 17.8 Å². The molecule has 1 aromatic heterocycles. The molecule has 0 saturated carbocycles.